The molecule has 3 unspecified atom stereocenters. The van der Waals surface area contributed by atoms with Gasteiger partial charge in [0.25, 0.3) is 0 Å². The van der Waals surface area contributed by atoms with Gasteiger partial charge >= 0.3 is 0 Å². The first-order valence-corrected chi connectivity index (χ1v) is 20.0. The molecule has 3 aliphatic heterocycles. The van der Waals surface area contributed by atoms with Crippen LogP contribution >= 0.6 is 0 Å². The van der Waals surface area contributed by atoms with Crippen LogP contribution in [0.4, 0.5) is 0 Å². The summed E-state index contributed by atoms with van der Waals surface area (Å²) in [5.74, 6) is 5.58. The van der Waals surface area contributed by atoms with Gasteiger partial charge in [-0.1, -0.05) is 48.5 Å². The van der Waals surface area contributed by atoms with E-state index in [9.17, 15) is 0 Å². The molecule has 9 nitrogen and oxygen atoms in total. The Morgan fingerprint density at radius 3 is 1.37 bits per heavy atom. The third-order valence-electron chi connectivity index (χ3n) is 10.8. The van der Waals surface area contributed by atoms with Crippen LogP contribution in [0.2, 0.25) is 0 Å². The molecule has 3 atom stereocenters. The van der Waals surface area contributed by atoms with E-state index in [0.29, 0.717) is 6.61 Å². The van der Waals surface area contributed by atoms with Crippen LogP contribution < -0.4 is 28.4 Å². The molecule has 4 aliphatic rings. The van der Waals surface area contributed by atoms with Gasteiger partial charge < -0.3 is 42.6 Å². The van der Waals surface area contributed by atoms with Gasteiger partial charge in [0.05, 0.1) is 38.6 Å². The second-order valence-corrected chi connectivity index (χ2v) is 15.6. The van der Waals surface area contributed by atoms with E-state index in [-0.39, 0.29) is 31.9 Å². The predicted octanol–water partition coefficient (Wildman–Crippen LogP) is 8.86. The standard InChI is InChI=1S/C48H46O9/c1-2-31(1)24-49-40-11-7-36-19-42(12-8-35(36)18-40)54-29-56-47-13-3-32(16-38(47)22-44-25-51-44)15-33-4-14-48(39(17-33)23-45-26-52-45)57-30-55-43-10-6-34-5-9-41(20-37(34)21-43)50-27-46-28-53-46/h3-14,16-21,31,44-46H,1-2,15,22-30H2. The summed E-state index contributed by atoms with van der Waals surface area (Å²) < 4.78 is 52.9. The molecule has 9 heteroatoms. The largest absolute Gasteiger partial charge is 0.493 e. The molecule has 292 valence electrons. The number of hydrogen-bond acceptors (Lipinski definition) is 9. The maximum absolute atomic E-state index is 6.22. The van der Waals surface area contributed by atoms with E-state index in [0.717, 1.165) is 119 Å². The van der Waals surface area contributed by atoms with E-state index >= 15 is 0 Å². The number of benzene rings is 6. The van der Waals surface area contributed by atoms with Gasteiger partial charge in [0.1, 0.15) is 47.2 Å². The fraction of sp³-hybridized carbons (Fsp3) is 0.333. The van der Waals surface area contributed by atoms with Crippen LogP contribution in [-0.2, 0) is 33.5 Å². The van der Waals surface area contributed by atoms with Crippen molar-refractivity contribution in [2.75, 3.05) is 46.6 Å². The van der Waals surface area contributed by atoms with Crippen molar-refractivity contribution in [3.8, 4) is 34.5 Å². The van der Waals surface area contributed by atoms with E-state index in [1.54, 1.807) is 0 Å². The van der Waals surface area contributed by atoms with Gasteiger partial charge in [0, 0.05) is 12.8 Å². The Kier molecular flexibility index (Phi) is 10.2. The molecule has 0 N–H and O–H groups in total. The first-order chi connectivity index (χ1) is 28.1. The van der Waals surface area contributed by atoms with Gasteiger partial charge in [-0.2, -0.15) is 0 Å². The quantitative estimate of drug-likeness (QED) is 0.0558. The van der Waals surface area contributed by atoms with Crippen LogP contribution in [0, 0.1) is 5.92 Å². The molecule has 10 rings (SSSR count). The summed E-state index contributed by atoms with van der Waals surface area (Å²) in [6, 6.07) is 37.2. The van der Waals surface area contributed by atoms with E-state index in [1.807, 2.05) is 54.6 Å². The number of rotatable bonds is 20. The van der Waals surface area contributed by atoms with E-state index in [2.05, 4.69) is 54.6 Å². The molecule has 0 bridgehead atoms. The fourth-order valence-electron chi connectivity index (χ4n) is 7.12. The molecule has 6 aromatic rings. The topological polar surface area (TPSA) is 93.0 Å². The van der Waals surface area contributed by atoms with Crippen molar-refractivity contribution in [1.82, 2.24) is 0 Å². The van der Waals surface area contributed by atoms with E-state index in [4.69, 9.17) is 42.6 Å². The fourth-order valence-corrected chi connectivity index (χ4v) is 7.12. The van der Waals surface area contributed by atoms with Crippen LogP contribution in [0.5, 0.6) is 34.5 Å². The Balaban J connectivity index is 0.765. The Morgan fingerprint density at radius 2 is 0.877 bits per heavy atom. The third-order valence-corrected chi connectivity index (χ3v) is 10.8. The number of hydrogen-bond donors (Lipinski definition) is 0. The lowest BCUT2D eigenvalue weighted by molar-refractivity contribution is 0.118. The lowest BCUT2D eigenvalue weighted by atomic mass is 9.97. The van der Waals surface area contributed by atoms with Gasteiger partial charge in [0.15, 0.2) is 0 Å². The van der Waals surface area contributed by atoms with Crippen molar-refractivity contribution in [2.45, 2.75) is 50.4 Å². The lowest BCUT2D eigenvalue weighted by Gasteiger charge is -2.16. The van der Waals surface area contributed by atoms with Gasteiger partial charge in [-0.25, -0.2) is 0 Å². The van der Waals surface area contributed by atoms with Crippen LogP contribution in [0.15, 0.2) is 109 Å². The van der Waals surface area contributed by atoms with Crippen molar-refractivity contribution in [3.05, 3.63) is 131 Å². The molecule has 57 heavy (non-hydrogen) atoms. The highest BCUT2D eigenvalue weighted by molar-refractivity contribution is 5.86. The molecule has 4 fully saturated rings. The molecule has 1 aliphatic carbocycles. The number of epoxide rings is 3. The van der Waals surface area contributed by atoms with Crippen molar-refractivity contribution in [1.29, 1.82) is 0 Å². The first kappa shape index (κ1) is 35.9. The van der Waals surface area contributed by atoms with Crippen LogP contribution in [0.1, 0.15) is 35.1 Å². The van der Waals surface area contributed by atoms with Crippen molar-refractivity contribution >= 4 is 21.5 Å². The van der Waals surface area contributed by atoms with Gasteiger partial charge in [-0.15, -0.1) is 0 Å². The van der Waals surface area contributed by atoms with Crippen molar-refractivity contribution in [2.24, 2.45) is 5.92 Å². The Hall–Kier alpha value is -5.48. The molecule has 0 amide bonds. The zero-order valence-electron chi connectivity index (χ0n) is 31.9. The summed E-state index contributed by atoms with van der Waals surface area (Å²) >= 11 is 0. The van der Waals surface area contributed by atoms with Gasteiger partial charge in [-0.3, -0.25) is 0 Å². The highest BCUT2D eigenvalue weighted by atomic mass is 16.7. The maximum atomic E-state index is 6.22. The van der Waals surface area contributed by atoms with Gasteiger partial charge in [-0.05, 0) is 130 Å². The van der Waals surface area contributed by atoms with E-state index in [1.165, 1.54) is 24.0 Å². The molecule has 6 aromatic carbocycles. The summed E-state index contributed by atoms with van der Waals surface area (Å²) in [4.78, 5) is 0. The smallest absolute Gasteiger partial charge is 0.230 e. The Labute approximate surface area is 332 Å². The van der Waals surface area contributed by atoms with Crippen molar-refractivity contribution in [3.63, 3.8) is 0 Å². The molecule has 0 radical (unpaired) electrons. The van der Waals surface area contributed by atoms with Crippen LogP contribution in [0.25, 0.3) is 21.5 Å². The second-order valence-electron chi connectivity index (χ2n) is 15.6. The Bertz CT molecular complexity index is 2360. The maximum Gasteiger partial charge on any atom is 0.230 e. The molecular formula is C48H46O9. The first-order valence-electron chi connectivity index (χ1n) is 20.0. The second kappa shape index (κ2) is 16.2. The Morgan fingerprint density at radius 1 is 0.421 bits per heavy atom. The molecule has 0 aromatic heterocycles. The minimum Gasteiger partial charge on any atom is -0.493 e. The molecule has 3 heterocycles. The zero-order chi connectivity index (χ0) is 38.0. The van der Waals surface area contributed by atoms with Crippen molar-refractivity contribution < 1.29 is 42.6 Å². The molecule has 0 spiro atoms. The molecule has 3 saturated heterocycles. The van der Waals surface area contributed by atoms with Crippen LogP contribution in [-0.4, -0.2) is 64.9 Å². The highest BCUT2D eigenvalue weighted by Crippen LogP contribution is 2.33. The average molecular weight is 767 g/mol. The minimum atomic E-state index is 0.0911. The summed E-state index contributed by atoms with van der Waals surface area (Å²) in [6.45, 7) is 3.89. The normalized spacial score (nSPS) is 19.3. The summed E-state index contributed by atoms with van der Waals surface area (Å²) in [5, 5.41) is 4.39. The number of fused-ring (bicyclic) bond motifs is 2. The third kappa shape index (κ3) is 9.74. The highest BCUT2D eigenvalue weighted by Gasteiger charge is 2.26. The lowest BCUT2D eigenvalue weighted by Crippen LogP contribution is -2.09. The van der Waals surface area contributed by atoms with Crippen LogP contribution in [0.3, 0.4) is 0 Å². The number of ether oxygens (including phenoxy) is 9. The predicted molar refractivity (Wildman–Crippen MR) is 216 cm³/mol. The molecule has 1 saturated carbocycles. The monoisotopic (exact) mass is 766 g/mol. The average Bonchev–Trinajstić information content (AvgIpc) is 4.02. The van der Waals surface area contributed by atoms with E-state index < -0.39 is 0 Å². The summed E-state index contributed by atoms with van der Waals surface area (Å²) in [6.07, 6.45) is 5.56. The summed E-state index contributed by atoms with van der Waals surface area (Å²) in [5.41, 5.74) is 4.62. The zero-order valence-corrected chi connectivity index (χ0v) is 31.9. The van der Waals surface area contributed by atoms with Gasteiger partial charge in [0.2, 0.25) is 13.6 Å². The minimum absolute atomic E-state index is 0.0911. The molecular weight excluding hydrogens is 721 g/mol. The summed E-state index contributed by atoms with van der Waals surface area (Å²) in [7, 11) is 0. The SMILES string of the molecule is c1cc(OCOc2ccc3cc(OCC4CC4)ccc3c2)c(CC2CO2)cc1Cc1ccc(OCOc2ccc3ccc(OCC4CO4)cc3c2)c(CC2CO2)c1.